The van der Waals surface area contributed by atoms with Gasteiger partial charge in [-0.1, -0.05) is 12.1 Å². The molecule has 5 unspecified atom stereocenters. The number of hydrogen-bond acceptors (Lipinski definition) is 10. The van der Waals surface area contributed by atoms with Crippen molar-refractivity contribution in [2.45, 2.75) is 49.8 Å². The van der Waals surface area contributed by atoms with Crippen LogP contribution in [0, 0.1) is 10.8 Å². The van der Waals surface area contributed by atoms with Gasteiger partial charge in [-0.25, -0.2) is 4.79 Å². The molecule has 0 saturated carbocycles. The maximum Gasteiger partial charge on any atom is 0.333 e. The van der Waals surface area contributed by atoms with E-state index in [1.165, 1.54) is 0 Å². The van der Waals surface area contributed by atoms with Crippen LogP contribution >= 0.6 is 0 Å². The van der Waals surface area contributed by atoms with Crippen molar-refractivity contribution in [1.29, 1.82) is 0 Å². The van der Waals surface area contributed by atoms with E-state index in [9.17, 15) is 30.1 Å². The molecule has 2 fully saturated rings. The van der Waals surface area contributed by atoms with Crippen LogP contribution in [0.15, 0.2) is 5.18 Å². The smallest absolute Gasteiger partial charge is 0.333 e. The number of carboxylic acids is 1. The Morgan fingerprint density at radius 3 is 2.56 bits per heavy atom. The van der Waals surface area contributed by atoms with Crippen molar-refractivity contribution in [3.8, 4) is 0 Å². The Kier molecular flexibility index (Phi) is 7.19. The maximum absolute atomic E-state index is 11.4. The fourth-order valence-electron chi connectivity index (χ4n) is 2.84. The normalized spacial score (nSPS) is 42.6. The second-order valence-corrected chi connectivity index (χ2v) is 6.14. The average Bonchev–Trinajstić information content (AvgIpc) is 2.85. The SMILES string of the molecule is C[C@@H]1COC[C@H](O)C(OC2C(CN=O)O[C@H](CO)C2O)OC1C(=O)O. The molecule has 8 atom stereocenters. The minimum atomic E-state index is -1.43. The third kappa shape index (κ3) is 4.70. The highest BCUT2D eigenvalue weighted by Gasteiger charge is 2.47. The summed E-state index contributed by atoms with van der Waals surface area (Å²) in [5.41, 5.74) is 0. The van der Waals surface area contributed by atoms with Gasteiger partial charge in [-0.15, -0.1) is 0 Å². The zero-order valence-corrected chi connectivity index (χ0v) is 13.6. The van der Waals surface area contributed by atoms with Crippen LogP contribution in [0.2, 0.25) is 0 Å². The summed E-state index contributed by atoms with van der Waals surface area (Å²) in [6, 6.07) is 0. The Balaban J connectivity index is 2.15. The van der Waals surface area contributed by atoms with Crippen molar-refractivity contribution in [2.24, 2.45) is 11.1 Å². The Hall–Kier alpha value is -1.21. The first-order valence-corrected chi connectivity index (χ1v) is 7.92. The van der Waals surface area contributed by atoms with Crippen molar-refractivity contribution < 1.29 is 44.2 Å². The van der Waals surface area contributed by atoms with Crippen molar-refractivity contribution >= 4 is 5.97 Å². The van der Waals surface area contributed by atoms with Crippen LogP contribution in [0.3, 0.4) is 0 Å². The van der Waals surface area contributed by atoms with Gasteiger partial charge < -0.3 is 39.4 Å². The van der Waals surface area contributed by atoms with Gasteiger partial charge in [0.05, 0.1) is 19.8 Å². The topological polar surface area (TPSA) is 164 Å². The molecule has 0 aromatic heterocycles. The lowest BCUT2D eigenvalue weighted by Crippen LogP contribution is -2.50. The monoisotopic (exact) mass is 365 g/mol. The summed E-state index contributed by atoms with van der Waals surface area (Å²) in [7, 11) is 0. The van der Waals surface area contributed by atoms with Crippen molar-refractivity contribution in [3.05, 3.63) is 4.91 Å². The van der Waals surface area contributed by atoms with E-state index < -0.39 is 61.4 Å². The van der Waals surface area contributed by atoms with E-state index in [0.29, 0.717) is 0 Å². The molecule has 0 bridgehead atoms. The van der Waals surface area contributed by atoms with E-state index in [-0.39, 0.29) is 19.8 Å². The van der Waals surface area contributed by atoms with Crippen LogP contribution in [-0.2, 0) is 23.7 Å². The second-order valence-electron chi connectivity index (χ2n) is 6.14. The number of nitroso groups, excluding NO2 is 1. The van der Waals surface area contributed by atoms with Gasteiger partial charge in [0.1, 0.15) is 37.1 Å². The summed E-state index contributed by atoms with van der Waals surface area (Å²) in [6.07, 6.45) is -8.45. The highest BCUT2D eigenvalue weighted by atomic mass is 16.7. The summed E-state index contributed by atoms with van der Waals surface area (Å²) >= 11 is 0. The summed E-state index contributed by atoms with van der Waals surface area (Å²) in [4.78, 5) is 21.9. The Morgan fingerprint density at radius 1 is 1.24 bits per heavy atom. The Labute approximate surface area is 143 Å². The molecule has 11 heteroatoms. The maximum atomic E-state index is 11.4. The minimum Gasteiger partial charge on any atom is -0.479 e. The standard InChI is InChI=1S/C14H23NO10/c1-6-4-22-5-7(17)14(24-11(6)13(19)20)25-12-8(2-15-21)23-9(3-16)10(12)18/h6-12,14,16-18H,2-5H2,1H3,(H,19,20)/t6-,7+,8?,9-,10?,11?,12?,14?/m1/s1. The number of rotatable bonds is 6. The van der Waals surface area contributed by atoms with Crippen molar-refractivity contribution in [1.82, 2.24) is 0 Å². The average molecular weight is 365 g/mol. The molecule has 2 rings (SSSR count). The van der Waals surface area contributed by atoms with E-state index in [1.54, 1.807) is 6.92 Å². The number of hydrogen-bond donors (Lipinski definition) is 4. The highest BCUT2D eigenvalue weighted by Crippen LogP contribution is 2.28. The summed E-state index contributed by atoms with van der Waals surface area (Å²) in [5.74, 6) is -1.75. The number of aliphatic carboxylic acids is 1. The molecule has 0 aromatic rings. The minimum absolute atomic E-state index is 0.0835. The van der Waals surface area contributed by atoms with Gasteiger partial charge in [0.25, 0.3) is 0 Å². The molecule has 0 radical (unpaired) electrons. The zero-order chi connectivity index (χ0) is 18.6. The molecule has 2 aliphatic rings. The third-order valence-corrected chi connectivity index (χ3v) is 4.18. The third-order valence-electron chi connectivity index (χ3n) is 4.18. The van der Waals surface area contributed by atoms with Crippen LogP contribution in [0.1, 0.15) is 6.92 Å². The second kappa shape index (κ2) is 8.94. The molecule has 2 heterocycles. The predicted molar refractivity (Wildman–Crippen MR) is 79.6 cm³/mol. The van der Waals surface area contributed by atoms with E-state index in [2.05, 4.69) is 5.18 Å². The van der Waals surface area contributed by atoms with E-state index >= 15 is 0 Å². The quantitative estimate of drug-likeness (QED) is 0.390. The highest BCUT2D eigenvalue weighted by molar-refractivity contribution is 5.72. The van der Waals surface area contributed by atoms with Gasteiger partial charge in [0, 0.05) is 5.92 Å². The largest absolute Gasteiger partial charge is 0.479 e. The van der Waals surface area contributed by atoms with E-state index in [1.807, 2.05) is 0 Å². The zero-order valence-electron chi connectivity index (χ0n) is 13.6. The number of carbonyl (C=O) groups is 1. The summed E-state index contributed by atoms with van der Waals surface area (Å²) in [5, 5.41) is 41.5. The van der Waals surface area contributed by atoms with Gasteiger partial charge >= 0.3 is 5.97 Å². The fourth-order valence-corrected chi connectivity index (χ4v) is 2.84. The molecular formula is C14H23NO10. The Bertz CT molecular complexity index is 463. The number of nitrogens with zero attached hydrogens (tertiary/aromatic N) is 1. The summed E-state index contributed by atoms with van der Waals surface area (Å²) < 4.78 is 21.5. The molecule has 0 amide bonds. The molecule has 2 saturated heterocycles. The number of aliphatic hydroxyl groups is 3. The first kappa shape index (κ1) is 20.1. The molecular weight excluding hydrogens is 342 g/mol. The molecule has 4 N–H and O–H groups in total. The summed E-state index contributed by atoms with van der Waals surface area (Å²) in [6.45, 7) is 0.672. The van der Waals surface area contributed by atoms with Crippen LogP contribution in [0.4, 0.5) is 0 Å². The van der Waals surface area contributed by atoms with Gasteiger partial charge in [-0.2, -0.15) is 4.91 Å². The lowest BCUT2D eigenvalue weighted by molar-refractivity contribution is -0.272. The molecule has 0 aromatic carbocycles. The number of carboxylic acid groups (broad SMARTS) is 1. The van der Waals surface area contributed by atoms with Crippen molar-refractivity contribution in [3.63, 3.8) is 0 Å². The molecule has 0 spiro atoms. The predicted octanol–water partition coefficient (Wildman–Crippen LogP) is -1.92. The van der Waals surface area contributed by atoms with Crippen molar-refractivity contribution in [2.75, 3.05) is 26.4 Å². The molecule has 2 aliphatic heterocycles. The molecule has 144 valence electrons. The number of ether oxygens (including phenoxy) is 4. The van der Waals surface area contributed by atoms with Crippen LogP contribution in [0.5, 0.6) is 0 Å². The first-order valence-electron chi connectivity index (χ1n) is 7.92. The van der Waals surface area contributed by atoms with Crippen LogP contribution in [0.25, 0.3) is 0 Å². The lowest BCUT2D eigenvalue weighted by atomic mass is 10.1. The van der Waals surface area contributed by atoms with Gasteiger partial charge in [0.2, 0.25) is 0 Å². The molecule has 11 nitrogen and oxygen atoms in total. The van der Waals surface area contributed by atoms with Gasteiger partial charge in [0.15, 0.2) is 12.4 Å². The van der Waals surface area contributed by atoms with Gasteiger partial charge in [-0.05, 0) is 0 Å². The molecule has 0 aliphatic carbocycles. The first-order chi connectivity index (χ1) is 11.9. The van der Waals surface area contributed by atoms with Gasteiger partial charge in [-0.3, -0.25) is 0 Å². The van der Waals surface area contributed by atoms with Crippen LogP contribution < -0.4 is 0 Å². The number of aliphatic hydroxyl groups excluding tert-OH is 3. The Morgan fingerprint density at radius 2 is 1.96 bits per heavy atom. The van der Waals surface area contributed by atoms with Crippen LogP contribution in [-0.4, -0.2) is 95.7 Å². The lowest BCUT2D eigenvalue weighted by Gasteiger charge is -2.34. The van der Waals surface area contributed by atoms with E-state index in [4.69, 9.17) is 18.9 Å². The fraction of sp³-hybridized carbons (Fsp3) is 0.929. The molecule has 25 heavy (non-hydrogen) atoms. The van der Waals surface area contributed by atoms with E-state index in [0.717, 1.165) is 0 Å².